The summed E-state index contributed by atoms with van der Waals surface area (Å²) in [5, 5.41) is 11.3. The highest BCUT2D eigenvalue weighted by atomic mass is 35.5. The zero-order valence-electron chi connectivity index (χ0n) is 9.96. The van der Waals surface area contributed by atoms with Gasteiger partial charge in [-0.05, 0) is 0 Å². The predicted molar refractivity (Wildman–Crippen MR) is 69.2 cm³/mol. The molecule has 0 atom stereocenters. The van der Waals surface area contributed by atoms with E-state index in [0.29, 0.717) is 10.9 Å². The lowest BCUT2D eigenvalue weighted by Gasteiger charge is -2.09. The van der Waals surface area contributed by atoms with Crippen molar-refractivity contribution in [1.82, 2.24) is 4.98 Å². The van der Waals surface area contributed by atoms with E-state index in [1.54, 1.807) is 0 Å². The Bertz CT molecular complexity index is 746. The third-order valence-electron chi connectivity index (χ3n) is 2.85. The van der Waals surface area contributed by atoms with Gasteiger partial charge in [0.15, 0.2) is 0 Å². The van der Waals surface area contributed by atoms with Crippen molar-refractivity contribution in [2.24, 2.45) is 0 Å². The standard InChI is InChI=1S/C12H7ClN2O5/c13-9-4-6(15(17)18)3-7-10(9)14-5-8-11(7)19-1-2-20-12(8)16/h3-5H,1-2H2. The van der Waals surface area contributed by atoms with Gasteiger partial charge in [0, 0.05) is 18.3 Å². The minimum absolute atomic E-state index is 0.109. The molecule has 0 saturated heterocycles. The second-order valence-electron chi connectivity index (χ2n) is 4.07. The van der Waals surface area contributed by atoms with E-state index in [4.69, 9.17) is 21.1 Å². The maximum atomic E-state index is 11.7. The van der Waals surface area contributed by atoms with E-state index in [1.807, 2.05) is 0 Å². The number of nitro benzene ring substituents is 1. The second-order valence-corrected chi connectivity index (χ2v) is 4.47. The zero-order chi connectivity index (χ0) is 14.3. The minimum Gasteiger partial charge on any atom is -0.488 e. The van der Waals surface area contributed by atoms with E-state index >= 15 is 0 Å². The number of benzene rings is 1. The van der Waals surface area contributed by atoms with Crippen molar-refractivity contribution >= 4 is 34.2 Å². The number of carbonyl (C=O) groups is 1. The minimum atomic E-state index is -0.575. The topological polar surface area (TPSA) is 91.6 Å². The number of carbonyl (C=O) groups excluding carboxylic acids is 1. The van der Waals surface area contributed by atoms with Crippen molar-refractivity contribution in [3.63, 3.8) is 0 Å². The van der Waals surface area contributed by atoms with E-state index in [9.17, 15) is 14.9 Å². The molecular formula is C12H7ClN2O5. The van der Waals surface area contributed by atoms with Crippen molar-refractivity contribution in [2.75, 3.05) is 13.2 Å². The largest absolute Gasteiger partial charge is 0.488 e. The molecule has 1 aromatic heterocycles. The maximum absolute atomic E-state index is 11.7. The third kappa shape index (κ3) is 1.92. The van der Waals surface area contributed by atoms with Gasteiger partial charge < -0.3 is 9.47 Å². The molecule has 3 rings (SSSR count). The first kappa shape index (κ1) is 12.6. The smallest absolute Gasteiger partial charge is 0.343 e. The molecule has 0 N–H and O–H groups in total. The number of rotatable bonds is 1. The van der Waals surface area contributed by atoms with Gasteiger partial charge >= 0.3 is 5.97 Å². The quantitative estimate of drug-likeness (QED) is 0.455. The van der Waals surface area contributed by atoms with Crippen molar-refractivity contribution in [1.29, 1.82) is 0 Å². The van der Waals surface area contributed by atoms with Crippen molar-refractivity contribution in [3.8, 4) is 5.75 Å². The predicted octanol–water partition coefficient (Wildman–Crippen LogP) is 2.35. The molecule has 1 aliphatic rings. The van der Waals surface area contributed by atoms with Gasteiger partial charge in [0.25, 0.3) is 5.69 Å². The van der Waals surface area contributed by atoms with Crippen LogP contribution in [-0.4, -0.2) is 29.1 Å². The first-order valence-corrected chi connectivity index (χ1v) is 6.02. The van der Waals surface area contributed by atoms with E-state index < -0.39 is 10.9 Å². The van der Waals surface area contributed by atoms with Crippen molar-refractivity contribution in [3.05, 3.63) is 39.0 Å². The van der Waals surface area contributed by atoms with E-state index in [-0.39, 0.29) is 35.2 Å². The fraction of sp³-hybridized carbons (Fsp3) is 0.167. The first-order chi connectivity index (χ1) is 9.58. The first-order valence-electron chi connectivity index (χ1n) is 5.64. The Morgan fingerprint density at radius 3 is 2.80 bits per heavy atom. The van der Waals surface area contributed by atoms with Gasteiger partial charge in [-0.15, -0.1) is 0 Å². The highest BCUT2D eigenvalue weighted by Gasteiger charge is 2.24. The van der Waals surface area contributed by atoms with E-state index in [0.717, 1.165) is 0 Å². The van der Waals surface area contributed by atoms with Crippen LogP contribution in [-0.2, 0) is 4.74 Å². The molecule has 1 aromatic carbocycles. The summed E-state index contributed by atoms with van der Waals surface area (Å²) in [5.74, 6) is -0.363. The van der Waals surface area contributed by atoms with Crippen molar-refractivity contribution < 1.29 is 19.2 Å². The summed E-state index contributed by atoms with van der Waals surface area (Å²) in [7, 11) is 0. The Morgan fingerprint density at radius 2 is 2.05 bits per heavy atom. The lowest BCUT2D eigenvalue weighted by Crippen LogP contribution is -2.05. The van der Waals surface area contributed by atoms with Crippen LogP contribution in [0.15, 0.2) is 18.3 Å². The van der Waals surface area contributed by atoms with Crippen LogP contribution in [0, 0.1) is 10.1 Å². The van der Waals surface area contributed by atoms with Crippen molar-refractivity contribution in [2.45, 2.75) is 0 Å². The molecule has 0 radical (unpaired) electrons. The lowest BCUT2D eigenvalue weighted by molar-refractivity contribution is -0.384. The summed E-state index contributed by atoms with van der Waals surface area (Å²) in [4.78, 5) is 26.1. The van der Waals surface area contributed by atoms with E-state index in [2.05, 4.69) is 4.98 Å². The van der Waals surface area contributed by atoms with Gasteiger partial charge in [-0.2, -0.15) is 0 Å². The number of nitro groups is 1. The molecule has 8 heteroatoms. The van der Waals surface area contributed by atoms with Gasteiger partial charge in [0.2, 0.25) is 0 Å². The number of ether oxygens (including phenoxy) is 2. The van der Waals surface area contributed by atoms with Crippen LogP contribution in [0.3, 0.4) is 0 Å². The van der Waals surface area contributed by atoms with Crippen LogP contribution in [0.1, 0.15) is 10.4 Å². The molecule has 7 nitrogen and oxygen atoms in total. The Balaban J connectivity index is 2.35. The third-order valence-corrected chi connectivity index (χ3v) is 3.14. The van der Waals surface area contributed by atoms with Gasteiger partial charge in [0.1, 0.15) is 24.5 Å². The number of esters is 1. The monoisotopic (exact) mass is 294 g/mol. The lowest BCUT2D eigenvalue weighted by atomic mass is 10.1. The summed E-state index contributed by atoms with van der Waals surface area (Å²) >= 11 is 5.99. The summed E-state index contributed by atoms with van der Waals surface area (Å²) < 4.78 is 10.4. The fourth-order valence-electron chi connectivity index (χ4n) is 1.98. The van der Waals surface area contributed by atoms with Gasteiger partial charge in [-0.3, -0.25) is 15.1 Å². The molecule has 0 spiro atoms. The second kappa shape index (κ2) is 4.61. The Kier molecular flexibility index (Phi) is 2.90. The Hall–Kier alpha value is -2.41. The summed E-state index contributed by atoms with van der Waals surface area (Å²) in [6.07, 6.45) is 1.29. The number of hydrogen-bond donors (Lipinski definition) is 0. The molecule has 102 valence electrons. The van der Waals surface area contributed by atoms with Crippen LogP contribution >= 0.6 is 11.6 Å². The molecule has 1 aliphatic heterocycles. The number of aromatic nitrogens is 1. The SMILES string of the molecule is O=C1OCCOc2c1cnc1c(Cl)cc([N+](=O)[O-])cc21. The van der Waals surface area contributed by atoms with Crippen LogP contribution in [0.25, 0.3) is 10.9 Å². The number of cyclic esters (lactones) is 1. The summed E-state index contributed by atoms with van der Waals surface area (Å²) in [6.45, 7) is 0.274. The Morgan fingerprint density at radius 1 is 1.30 bits per heavy atom. The molecule has 20 heavy (non-hydrogen) atoms. The van der Waals surface area contributed by atoms with Crippen LogP contribution in [0.5, 0.6) is 5.75 Å². The van der Waals surface area contributed by atoms with Crippen LogP contribution < -0.4 is 4.74 Å². The molecular weight excluding hydrogens is 288 g/mol. The molecule has 2 heterocycles. The molecule has 2 aromatic rings. The highest BCUT2D eigenvalue weighted by molar-refractivity contribution is 6.35. The molecule has 0 bridgehead atoms. The number of hydrogen-bond acceptors (Lipinski definition) is 6. The average Bonchev–Trinajstić information content (AvgIpc) is 2.61. The number of pyridine rings is 1. The number of fused-ring (bicyclic) bond motifs is 3. The normalized spacial score (nSPS) is 14.2. The molecule has 0 amide bonds. The molecule has 0 aliphatic carbocycles. The molecule has 0 fully saturated rings. The van der Waals surface area contributed by atoms with Gasteiger partial charge in [-0.25, -0.2) is 4.79 Å². The number of nitrogens with zero attached hydrogens (tertiary/aromatic N) is 2. The van der Waals surface area contributed by atoms with Gasteiger partial charge in [0.05, 0.1) is 20.8 Å². The number of halogens is 1. The highest BCUT2D eigenvalue weighted by Crippen LogP contribution is 2.36. The number of non-ortho nitro benzene ring substituents is 1. The van der Waals surface area contributed by atoms with Crippen LogP contribution in [0.4, 0.5) is 5.69 Å². The fourth-order valence-corrected chi connectivity index (χ4v) is 2.25. The molecule has 0 saturated carbocycles. The van der Waals surface area contributed by atoms with E-state index in [1.165, 1.54) is 18.3 Å². The molecule has 0 unspecified atom stereocenters. The summed E-state index contributed by atoms with van der Waals surface area (Å²) in [5.41, 5.74) is 0.274. The summed E-state index contributed by atoms with van der Waals surface area (Å²) in [6, 6.07) is 2.49. The van der Waals surface area contributed by atoms with Gasteiger partial charge in [-0.1, -0.05) is 11.6 Å². The zero-order valence-corrected chi connectivity index (χ0v) is 10.7. The maximum Gasteiger partial charge on any atom is 0.343 e. The van der Waals surface area contributed by atoms with Crippen LogP contribution in [0.2, 0.25) is 5.02 Å². The average molecular weight is 295 g/mol. The Labute approximate surface area is 117 Å².